The van der Waals surface area contributed by atoms with E-state index < -0.39 is 18.1 Å². The number of likely N-dealkylation sites (tertiary alicyclic amines) is 1. The zero-order valence-corrected chi connectivity index (χ0v) is 25.2. The molecule has 44 heavy (non-hydrogen) atoms. The summed E-state index contributed by atoms with van der Waals surface area (Å²) >= 11 is 1.49. The number of anilines is 1. The van der Waals surface area contributed by atoms with Gasteiger partial charge in [0.15, 0.2) is 11.3 Å². The zero-order valence-electron chi connectivity index (χ0n) is 24.4. The average Bonchev–Trinajstić information content (AvgIpc) is 3.77. The van der Waals surface area contributed by atoms with Gasteiger partial charge in [0.1, 0.15) is 17.8 Å². The number of thioether (sulfide) groups is 1. The van der Waals surface area contributed by atoms with E-state index in [0.29, 0.717) is 29.1 Å². The molecule has 0 radical (unpaired) electrons. The summed E-state index contributed by atoms with van der Waals surface area (Å²) in [5, 5.41) is 4.67. The Labute approximate surface area is 257 Å². The fraction of sp³-hybridized carbons (Fsp3) is 0.344. The SMILES string of the molecule is COC(=O)c1cccc(CN2CCC(/C=N/C(=O)c3cnc4ccc(N5C[C@@H](F)C[C@@H]5c5cc(F)ccc5SC)nn34)C2)c1. The van der Waals surface area contributed by atoms with Crippen LogP contribution < -0.4 is 4.90 Å². The number of halogens is 2. The van der Waals surface area contributed by atoms with Crippen molar-refractivity contribution in [1.82, 2.24) is 19.5 Å². The molecule has 4 heterocycles. The number of benzene rings is 2. The summed E-state index contributed by atoms with van der Waals surface area (Å²) in [5.74, 6) is -0.648. The quantitative estimate of drug-likeness (QED) is 0.147. The Morgan fingerprint density at radius 2 is 2.02 bits per heavy atom. The summed E-state index contributed by atoms with van der Waals surface area (Å²) in [6.07, 6.45) is 5.00. The minimum atomic E-state index is -1.10. The summed E-state index contributed by atoms with van der Waals surface area (Å²) in [7, 11) is 1.36. The van der Waals surface area contributed by atoms with Gasteiger partial charge in [-0.2, -0.15) is 0 Å². The number of hydrogen-bond acceptors (Lipinski definition) is 8. The molecule has 0 aliphatic carbocycles. The first-order chi connectivity index (χ1) is 21.3. The monoisotopic (exact) mass is 618 g/mol. The molecule has 1 amide bonds. The Hall–Kier alpha value is -4.16. The normalized spacial score (nSPS) is 20.6. The van der Waals surface area contributed by atoms with Crippen molar-refractivity contribution in [2.45, 2.75) is 36.5 Å². The Kier molecular flexibility index (Phi) is 8.72. The molecule has 0 spiro atoms. The second-order valence-electron chi connectivity index (χ2n) is 11.1. The summed E-state index contributed by atoms with van der Waals surface area (Å²) in [4.78, 5) is 38.6. The van der Waals surface area contributed by atoms with Crippen LogP contribution in [0.15, 0.2) is 70.7 Å². The maximum absolute atomic E-state index is 14.8. The van der Waals surface area contributed by atoms with Crippen LogP contribution in [-0.4, -0.2) is 76.8 Å². The molecule has 2 aliphatic rings. The van der Waals surface area contributed by atoms with Gasteiger partial charge in [-0.25, -0.2) is 28.1 Å². The average molecular weight is 619 g/mol. The van der Waals surface area contributed by atoms with E-state index in [2.05, 4.69) is 20.0 Å². The van der Waals surface area contributed by atoms with Crippen LogP contribution in [0.5, 0.6) is 0 Å². The first-order valence-electron chi connectivity index (χ1n) is 14.4. The van der Waals surface area contributed by atoms with Crippen LogP contribution in [0.3, 0.4) is 0 Å². The Bertz CT molecular complexity index is 1730. The van der Waals surface area contributed by atoms with Crippen LogP contribution in [0.4, 0.5) is 14.6 Å². The summed E-state index contributed by atoms with van der Waals surface area (Å²) in [5.41, 5.74) is 2.91. The lowest BCUT2D eigenvalue weighted by Gasteiger charge is -2.27. The Morgan fingerprint density at radius 3 is 2.84 bits per heavy atom. The van der Waals surface area contributed by atoms with Gasteiger partial charge >= 0.3 is 5.97 Å². The van der Waals surface area contributed by atoms with Crippen molar-refractivity contribution in [2.24, 2.45) is 10.9 Å². The molecule has 0 saturated carbocycles. The second-order valence-corrected chi connectivity index (χ2v) is 11.9. The molecule has 2 fully saturated rings. The molecule has 228 valence electrons. The predicted molar refractivity (Wildman–Crippen MR) is 165 cm³/mol. The fourth-order valence-electron chi connectivity index (χ4n) is 6.00. The first kappa shape index (κ1) is 29.9. The van der Waals surface area contributed by atoms with Gasteiger partial charge in [0.25, 0.3) is 5.91 Å². The molecule has 4 aromatic rings. The number of amides is 1. The van der Waals surface area contributed by atoms with E-state index in [0.717, 1.165) is 30.0 Å². The summed E-state index contributed by atoms with van der Waals surface area (Å²) in [6.45, 7) is 2.35. The smallest absolute Gasteiger partial charge is 0.337 e. The van der Waals surface area contributed by atoms with Crippen molar-refractivity contribution >= 4 is 41.3 Å². The van der Waals surface area contributed by atoms with Crippen molar-refractivity contribution in [3.05, 3.63) is 89.0 Å². The molecular weight excluding hydrogens is 586 g/mol. The molecule has 2 aliphatic heterocycles. The van der Waals surface area contributed by atoms with Gasteiger partial charge in [-0.1, -0.05) is 12.1 Å². The molecule has 0 N–H and O–H groups in total. The number of aromatic nitrogens is 3. The number of methoxy groups -OCH3 is 1. The highest BCUT2D eigenvalue weighted by molar-refractivity contribution is 7.98. The van der Waals surface area contributed by atoms with Gasteiger partial charge in [0, 0.05) is 36.5 Å². The van der Waals surface area contributed by atoms with Crippen LogP contribution in [0, 0.1) is 11.7 Å². The molecule has 12 heteroatoms. The number of rotatable bonds is 8. The van der Waals surface area contributed by atoms with Crippen LogP contribution in [0.1, 0.15) is 50.9 Å². The fourth-order valence-corrected chi connectivity index (χ4v) is 6.64. The number of ether oxygens (including phenoxy) is 1. The minimum absolute atomic E-state index is 0.0918. The highest BCUT2D eigenvalue weighted by Gasteiger charge is 2.36. The van der Waals surface area contributed by atoms with Crippen LogP contribution in [0.25, 0.3) is 5.65 Å². The molecule has 6 rings (SSSR count). The maximum Gasteiger partial charge on any atom is 0.337 e. The van der Waals surface area contributed by atoms with E-state index in [4.69, 9.17) is 4.74 Å². The number of esters is 1. The van der Waals surface area contributed by atoms with Crippen LogP contribution in [0.2, 0.25) is 0 Å². The van der Waals surface area contributed by atoms with E-state index >= 15 is 0 Å². The molecule has 3 atom stereocenters. The van der Waals surface area contributed by atoms with Crippen molar-refractivity contribution in [3.8, 4) is 0 Å². The number of carbonyl (C=O) groups is 2. The van der Waals surface area contributed by atoms with Gasteiger partial charge in [0.05, 0.1) is 31.5 Å². The third-order valence-electron chi connectivity index (χ3n) is 8.13. The Morgan fingerprint density at radius 1 is 1.16 bits per heavy atom. The van der Waals surface area contributed by atoms with Crippen LogP contribution in [-0.2, 0) is 11.3 Å². The maximum atomic E-state index is 14.8. The second kappa shape index (κ2) is 12.8. The van der Waals surface area contributed by atoms with E-state index in [-0.39, 0.29) is 36.4 Å². The molecule has 9 nitrogen and oxygen atoms in total. The molecule has 1 unspecified atom stereocenters. The topological polar surface area (TPSA) is 92.4 Å². The number of carbonyl (C=O) groups excluding carboxylic acids is 2. The molecule has 2 saturated heterocycles. The number of nitrogens with zero attached hydrogens (tertiary/aromatic N) is 6. The number of fused-ring (bicyclic) bond motifs is 1. The van der Waals surface area contributed by atoms with E-state index in [9.17, 15) is 18.4 Å². The lowest BCUT2D eigenvalue weighted by molar-refractivity contribution is 0.0600. The minimum Gasteiger partial charge on any atom is -0.465 e. The number of imidazole rings is 1. The lowest BCUT2D eigenvalue weighted by Crippen LogP contribution is -2.26. The van der Waals surface area contributed by atoms with E-state index in [1.165, 1.54) is 41.7 Å². The van der Waals surface area contributed by atoms with Gasteiger partial charge in [-0.3, -0.25) is 9.69 Å². The van der Waals surface area contributed by atoms with Gasteiger partial charge < -0.3 is 9.64 Å². The molecule has 2 aromatic carbocycles. The van der Waals surface area contributed by atoms with Gasteiger partial charge in [-0.05, 0) is 72.8 Å². The van der Waals surface area contributed by atoms with E-state index in [1.807, 2.05) is 29.4 Å². The van der Waals surface area contributed by atoms with Gasteiger partial charge in [-0.15, -0.1) is 16.9 Å². The summed E-state index contributed by atoms with van der Waals surface area (Å²) < 4.78 is 35.2. The zero-order chi connectivity index (χ0) is 30.8. The molecule has 0 bridgehead atoms. The van der Waals surface area contributed by atoms with Gasteiger partial charge in [0.2, 0.25) is 0 Å². The molecular formula is C32H32F2N6O3S. The summed E-state index contributed by atoms with van der Waals surface area (Å²) in [6, 6.07) is 15.0. The first-order valence-corrected chi connectivity index (χ1v) is 15.6. The number of hydrogen-bond donors (Lipinski definition) is 0. The van der Waals surface area contributed by atoms with Crippen molar-refractivity contribution in [2.75, 3.05) is 37.9 Å². The Balaban J connectivity index is 1.16. The third-order valence-corrected chi connectivity index (χ3v) is 8.94. The van der Waals surface area contributed by atoms with Crippen molar-refractivity contribution in [3.63, 3.8) is 0 Å². The largest absolute Gasteiger partial charge is 0.465 e. The molecule has 2 aromatic heterocycles. The third kappa shape index (κ3) is 6.22. The van der Waals surface area contributed by atoms with E-state index in [1.54, 1.807) is 30.5 Å². The number of alkyl halides is 1. The highest BCUT2D eigenvalue weighted by Crippen LogP contribution is 2.40. The number of aliphatic imine (C=N–C) groups is 1. The lowest BCUT2D eigenvalue weighted by atomic mass is 10.0. The van der Waals surface area contributed by atoms with Crippen molar-refractivity contribution in [1.29, 1.82) is 0 Å². The van der Waals surface area contributed by atoms with Crippen molar-refractivity contribution < 1.29 is 23.1 Å². The predicted octanol–water partition coefficient (Wildman–Crippen LogP) is 5.40. The van der Waals surface area contributed by atoms with Crippen LogP contribution >= 0.6 is 11.8 Å². The highest BCUT2D eigenvalue weighted by atomic mass is 32.2. The standard InChI is InChI=1S/C32H32F2N6O3S/c1-43-32(42)22-5-3-4-20(12-22)17-38-11-10-21(18-38)15-36-31(41)27-16-35-29-8-9-30(37-40(27)29)39-19-24(34)14-26(39)25-13-23(33)6-7-28(25)44-2/h3-9,12-13,15-16,21,24,26H,10-11,14,17-19H2,1-2H3/b36-15+/t21?,24-,26+/m0/s1.